The van der Waals surface area contributed by atoms with Crippen molar-refractivity contribution in [1.82, 2.24) is 14.3 Å². The highest BCUT2D eigenvalue weighted by Crippen LogP contribution is 2.47. The Kier molecular flexibility index (Phi) is 5.40. The summed E-state index contributed by atoms with van der Waals surface area (Å²) in [6.07, 6.45) is 4.39. The molecule has 0 saturated carbocycles. The molecule has 1 amide bonds. The largest absolute Gasteiger partial charge is 0.381 e. The van der Waals surface area contributed by atoms with Crippen LogP contribution in [0.2, 0.25) is 10.0 Å². The Morgan fingerprint density at radius 2 is 2.00 bits per heavy atom. The first-order chi connectivity index (χ1) is 16.4. The second-order valence-corrected chi connectivity index (χ2v) is 11.2. The van der Waals surface area contributed by atoms with E-state index < -0.39 is 0 Å². The fourth-order valence-corrected chi connectivity index (χ4v) is 6.94. The molecule has 3 aliphatic rings. The molecule has 3 aromatic rings. The van der Waals surface area contributed by atoms with Crippen LogP contribution in [0.25, 0.3) is 10.1 Å². The van der Waals surface area contributed by atoms with Gasteiger partial charge in [-0.2, -0.15) is 4.37 Å². The van der Waals surface area contributed by atoms with E-state index in [2.05, 4.69) is 14.3 Å². The van der Waals surface area contributed by atoms with Crippen LogP contribution in [0.3, 0.4) is 0 Å². The van der Waals surface area contributed by atoms with Crippen LogP contribution >= 0.6 is 34.7 Å². The summed E-state index contributed by atoms with van der Waals surface area (Å²) in [5.74, 6) is -0.187. The molecule has 7 nitrogen and oxygen atoms in total. The monoisotopic (exact) mass is 518 g/mol. The van der Waals surface area contributed by atoms with Gasteiger partial charge in [0.2, 0.25) is 0 Å². The molecule has 2 saturated heterocycles. The van der Waals surface area contributed by atoms with Crippen molar-refractivity contribution in [2.75, 3.05) is 37.7 Å². The van der Waals surface area contributed by atoms with E-state index in [1.54, 1.807) is 11.1 Å². The number of halogens is 2. The van der Waals surface area contributed by atoms with Crippen LogP contribution in [-0.2, 0) is 17.7 Å². The summed E-state index contributed by atoms with van der Waals surface area (Å²) in [5, 5.41) is 1.83. The van der Waals surface area contributed by atoms with Crippen molar-refractivity contribution >= 4 is 56.4 Å². The Morgan fingerprint density at radius 3 is 2.76 bits per heavy atom. The first kappa shape index (κ1) is 22.3. The molecule has 0 atom stereocenters. The standard InChI is InChI=1S/C24H24Cl2N4O3S/c1-13-21-15(9-27-34-21)16(22(31)28-13)10-29-5-2-14-17(25)8-18(20(26)19(14)23(29)32)30-11-24(12-30)3-6-33-7-4-24/h8-9H,2-7,10-12H2,1H3,(H,28,31). The molecule has 0 radical (unpaired) electrons. The van der Waals surface area contributed by atoms with Gasteiger partial charge >= 0.3 is 0 Å². The van der Waals surface area contributed by atoms with Gasteiger partial charge in [0.05, 0.1) is 27.5 Å². The highest BCUT2D eigenvalue weighted by Gasteiger charge is 2.45. The van der Waals surface area contributed by atoms with Gasteiger partial charge in [-0.25, -0.2) is 0 Å². The van der Waals surface area contributed by atoms with Gasteiger partial charge < -0.3 is 19.5 Å². The highest BCUT2D eigenvalue weighted by atomic mass is 35.5. The maximum Gasteiger partial charge on any atom is 0.256 e. The first-order valence-electron chi connectivity index (χ1n) is 11.5. The number of fused-ring (bicyclic) bond motifs is 2. The van der Waals surface area contributed by atoms with Gasteiger partial charge in [-0.1, -0.05) is 23.2 Å². The van der Waals surface area contributed by atoms with Crippen LogP contribution < -0.4 is 10.5 Å². The molecule has 5 heterocycles. The molecule has 6 rings (SSSR count). The number of amides is 1. The maximum absolute atomic E-state index is 13.6. The smallest absolute Gasteiger partial charge is 0.256 e. The van der Waals surface area contributed by atoms with Crippen molar-refractivity contribution in [3.05, 3.63) is 55.0 Å². The van der Waals surface area contributed by atoms with Gasteiger partial charge in [-0.3, -0.25) is 9.59 Å². The number of aryl methyl sites for hydroxylation is 1. The second-order valence-electron chi connectivity index (χ2n) is 9.62. The lowest BCUT2D eigenvalue weighted by Crippen LogP contribution is -2.58. The van der Waals surface area contributed by atoms with E-state index in [-0.39, 0.29) is 23.4 Å². The number of hydrogen-bond donors (Lipinski definition) is 1. The molecule has 1 N–H and O–H groups in total. The van der Waals surface area contributed by atoms with Gasteiger partial charge in [-0.05, 0) is 49.3 Å². The van der Waals surface area contributed by atoms with Crippen LogP contribution in [-0.4, -0.2) is 53.0 Å². The van der Waals surface area contributed by atoms with E-state index in [1.165, 1.54) is 11.5 Å². The van der Waals surface area contributed by atoms with E-state index in [4.69, 9.17) is 27.9 Å². The Morgan fingerprint density at radius 1 is 1.24 bits per heavy atom. The molecule has 0 bridgehead atoms. The second kappa shape index (κ2) is 8.22. The molecular formula is C24H24Cl2N4O3S. The zero-order valence-corrected chi connectivity index (χ0v) is 21.1. The number of nitrogens with one attached hydrogen (secondary N) is 1. The van der Waals surface area contributed by atoms with Crippen molar-refractivity contribution in [3.63, 3.8) is 0 Å². The van der Waals surface area contributed by atoms with E-state index in [0.717, 1.165) is 66.2 Å². The van der Waals surface area contributed by atoms with Gasteiger partial charge in [0.15, 0.2) is 0 Å². The van der Waals surface area contributed by atoms with Crippen LogP contribution in [0.4, 0.5) is 5.69 Å². The minimum Gasteiger partial charge on any atom is -0.381 e. The summed E-state index contributed by atoms with van der Waals surface area (Å²) in [6, 6.07) is 1.91. The minimum absolute atomic E-state index is 0.187. The number of pyridine rings is 1. The average Bonchev–Trinajstić information content (AvgIpc) is 3.29. The number of carbonyl (C=O) groups excluding carboxylic acids is 1. The fraction of sp³-hybridized carbons (Fsp3) is 0.458. The summed E-state index contributed by atoms with van der Waals surface area (Å²) < 4.78 is 10.7. The number of carbonyl (C=O) groups is 1. The summed E-state index contributed by atoms with van der Waals surface area (Å²) >= 11 is 14.9. The minimum atomic E-state index is -0.191. The van der Waals surface area contributed by atoms with Gasteiger partial charge in [0.25, 0.3) is 11.5 Å². The number of ether oxygens (including phenoxy) is 1. The number of nitrogens with zero attached hydrogens (tertiary/aromatic N) is 3. The number of aromatic nitrogens is 2. The van der Waals surface area contributed by atoms with Crippen LogP contribution in [0.5, 0.6) is 0 Å². The van der Waals surface area contributed by atoms with Gasteiger partial charge in [-0.15, -0.1) is 0 Å². The Balaban J connectivity index is 1.32. The summed E-state index contributed by atoms with van der Waals surface area (Å²) in [6.45, 7) is 5.91. The van der Waals surface area contributed by atoms with E-state index >= 15 is 0 Å². The van der Waals surface area contributed by atoms with Crippen molar-refractivity contribution in [3.8, 4) is 0 Å². The zero-order valence-electron chi connectivity index (χ0n) is 18.7. The molecule has 0 aliphatic carbocycles. The summed E-state index contributed by atoms with van der Waals surface area (Å²) in [4.78, 5) is 33.2. The predicted molar refractivity (Wildman–Crippen MR) is 135 cm³/mol. The third-order valence-corrected chi connectivity index (χ3v) is 9.18. The molecule has 0 unspecified atom stereocenters. The molecular weight excluding hydrogens is 495 g/mol. The first-order valence-corrected chi connectivity index (χ1v) is 13.0. The van der Waals surface area contributed by atoms with Gasteiger partial charge in [0.1, 0.15) is 0 Å². The van der Waals surface area contributed by atoms with Crippen LogP contribution in [0.15, 0.2) is 17.1 Å². The molecule has 2 aromatic heterocycles. The van der Waals surface area contributed by atoms with Crippen molar-refractivity contribution in [2.24, 2.45) is 5.41 Å². The van der Waals surface area contributed by atoms with Crippen LogP contribution in [0.1, 0.15) is 40.0 Å². The predicted octanol–water partition coefficient (Wildman–Crippen LogP) is 4.42. The molecule has 1 spiro atoms. The Bertz CT molecular complexity index is 1370. The third-order valence-electron chi connectivity index (χ3n) is 7.54. The van der Waals surface area contributed by atoms with Crippen molar-refractivity contribution in [1.29, 1.82) is 0 Å². The lowest BCUT2D eigenvalue weighted by atomic mass is 9.73. The van der Waals surface area contributed by atoms with Crippen molar-refractivity contribution in [2.45, 2.75) is 32.7 Å². The number of benzene rings is 1. The number of hydrogen-bond acceptors (Lipinski definition) is 6. The zero-order chi connectivity index (χ0) is 23.6. The van der Waals surface area contributed by atoms with E-state index in [1.807, 2.05) is 13.0 Å². The van der Waals surface area contributed by atoms with Gasteiger partial charge in [0, 0.05) is 66.1 Å². The van der Waals surface area contributed by atoms with E-state index in [9.17, 15) is 9.59 Å². The molecule has 178 valence electrons. The topological polar surface area (TPSA) is 78.5 Å². The molecule has 34 heavy (non-hydrogen) atoms. The number of aromatic amines is 1. The highest BCUT2D eigenvalue weighted by molar-refractivity contribution is 7.13. The Labute approximate surface area is 210 Å². The number of rotatable bonds is 3. The maximum atomic E-state index is 13.6. The molecule has 1 aromatic carbocycles. The third kappa shape index (κ3) is 3.46. The van der Waals surface area contributed by atoms with Crippen molar-refractivity contribution < 1.29 is 9.53 Å². The SMILES string of the molecule is Cc1[nH]c(=O)c(CN2CCc3c(Cl)cc(N4CC5(CCOCC5)C4)c(Cl)c3C2=O)c2cnsc12. The lowest BCUT2D eigenvalue weighted by Gasteiger charge is -2.53. The quantitative estimate of drug-likeness (QED) is 0.555. The fourth-order valence-electron chi connectivity index (χ4n) is 5.56. The Hall–Kier alpha value is -2.13. The normalized spacial score (nSPS) is 19.6. The van der Waals surface area contributed by atoms with Crippen LogP contribution in [0, 0.1) is 12.3 Å². The molecule has 3 aliphatic heterocycles. The lowest BCUT2D eigenvalue weighted by molar-refractivity contribution is -0.000186. The number of anilines is 1. The summed E-state index contributed by atoms with van der Waals surface area (Å²) in [5.41, 5.74) is 3.49. The molecule has 10 heteroatoms. The summed E-state index contributed by atoms with van der Waals surface area (Å²) in [7, 11) is 0. The number of H-pyrrole nitrogens is 1. The van der Waals surface area contributed by atoms with E-state index in [0.29, 0.717) is 34.1 Å². The molecule has 2 fully saturated rings. The average molecular weight is 519 g/mol.